The van der Waals surface area contributed by atoms with Crippen molar-refractivity contribution in [2.45, 2.75) is 18.7 Å². The van der Waals surface area contributed by atoms with Crippen LogP contribution in [-0.2, 0) is 4.79 Å². The molecule has 1 aromatic heterocycles. The maximum atomic E-state index is 11.7. The second-order valence-corrected chi connectivity index (χ2v) is 5.21. The molecule has 3 N–H and O–H groups in total. The van der Waals surface area contributed by atoms with Crippen molar-refractivity contribution in [3.05, 3.63) is 35.5 Å². The first-order valence-corrected chi connectivity index (χ1v) is 6.75. The van der Waals surface area contributed by atoms with Gasteiger partial charge >= 0.3 is 0 Å². The number of carbonyl (C=O) groups excluding carboxylic acids is 1. The maximum absolute atomic E-state index is 11.7. The summed E-state index contributed by atoms with van der Waals surface area (Å²) in [4.78, 5) is 12.8. The van der Waals surface area contributed by atoms with E-state index >= 15 is 0 Å². The number of nitrogen functional groups attached to an aromatic ring is 1. The predicted octanol–water partition coefficient (Wildman–Crippen LogP) is 2.60. The number of aryl methyl sites for hydroxylation is 2. The van der Waals surface area contributed by atoms with Gasteiger partial charge in [-0.1, -0.05) is 5.16 Å². The van der Waals surface area contributed by atoms with Crippen molar-refractivity contribution in [2.24, 2.45) is 0 Å². The molecule has 6 heteroatoms. The first kappa shape index (κ1) is 13.5. The minimum atomic E-state index is -0.127. The van der Waals surface area contributed by atoms with E-state index in [2.05, 4.69) is 10.5 Å². The maximum Gasteiger partial charge on any atom is 0.237 e. The van der Waals surface area contributed by atoms with Crippen LogP contribution in [0.15, 0.2) is 33.7 Å². The molecule has 0 radical (unpaired) electrons. The van der Waals surface area contributed by atoms with Crippen molar-refractivity contribution in [3.8, 4) is 0 Å². The second kappa shape index (κ2) is 5.79. The Morgan fingerprint density at radius 1 is 1.42 bits per heavy atom. The smallest absolute Gasteiger partial charge is 0.237 e. The zero-order valence-corrected chi connectivity index (χ0v) is 11.6. The third-order valence-corrected chi connectivity index (χ3v) is 3.62. The van der Waals surface area contributed by atoms with Crippen molar-refractivity contribution in [2.75, 3.05) is 16.8 Å². The van der Waals surface area contributed by atoms with Crippen molar-refractivity contribution in [1.82, 2.24) is 5.16 Å². The van der Waals surface area contributed by atoms with Crippen LogP contribution in [0.5, 0.6) is 0 Å². The van der Waals surface area contributed by atoms with Crippen LogP contribution in [0.25, 0.3) is 0 Å². The molecule has 0 aliphatic heterocycles. The lowest BCUT2D eigenvalue weighted by atomic mass is 10.2. The number of anilines is 2. The van der Waals surface area contributed by atoms with Gasteiger partial charge in [0.15, 0.2) is 0 Å². The highest BCUT2D eigenvalue weighted by molar-refractivity contribution is 8.00. The molecular weight excluding hydrogens is 262 g/mol. The van der Waals surface area contributed by atoms with Gasteiger partial charge in [0, 0.05) is 16.6 Å². The highest BCUT2D eigenvalue weighted by Crippen LogP contribution is 2.24. The molecule has 0 atom stereocenters. The lowest BCUT2D eigenvalue weighted by molar-refractivity contribution is -0.113. The number of amides is 1. The summed E-state index contributed by atoms with van der Waals surface area (Å²) in [6.45, 7) is 3.77. The van der Waals surface area contributed by atoms with E-state index in [1.165, 1.54) is 11.8 Å². The van der Waals surface area contributed by atoms with E-state index in [1.807, 2.05) is 25.1 Å². The minimum absolute atomic E-state index is 0.127. The minimum Gasteiger partial charge on any atom is -0.399 e. The van der Waals surface area contributed by atoms with E-state index < -0.39 is 0 Å². The Kier molecular flexibility index (Phi) is 4.11. The Morgan fingerprint density at radius 2 is 2.21 bits per heavy atom. The molecule has 5 nitrogen and oxygen atoms in total. The number of hydrogen-bond acceptors (Lipinski definition) is 5. The fourth-order valence-corrected chi connectivity index (χ4v) is 2.38. The number of aromatic nitrogens is 1. The van der Waals surface area contributed by atoms with Crippen LogP contribution in [0.4, 0.5) is 11.6 Å². The summed E-state index contributed by atoms with van der Waals surface area (Å²) in [7, 11) is 0. The molecule has 0 bridgehead atoms. The van der Waals surface area contributed by atoms with E-state index in [0.717, 1.165) is 21.8 Å². The molecule has 2 aromatic rings. The fraction of sp³-hybridized carbons (Fsp3) is 0.231. The van der Waals surface area contributed by atoms with E-state index in [9.17, 15) is 4.79 Å². The number of nitrogens with one attached hydrogen (secondary N) is 1. The van der Waals surface area contributed by atoms with Crippen molar-refractivity contribution in [1.29, 1.82) is 0 Å². The van der Waals surface area contributed by atoms with Gasteiger partial charge in [0.25, 0.3) is 0 Å². The van der Waals surface area contributed by atoms with Gasteiger partial charge in [-0.3, -0.25) is 10.1 Å². The van der Waals surface area contributed by atoms with Gasteiger partial charge in [-0.25, -0.2) is 0 Å². The molecule has 1 heterocycles. The first-order valence-electron chi connectivity index (χ1n) is 5.76. The normalized spacial score (nSPS) is 10.4. The van der Waals surface area contributed by atoms with Gasteiger partial charge in [0.1, 0.15) is 0 Å². The van der Waals surface area contributed by atoms with Crippen LogP contribution in [0.1, 0.15) is 11.3 Å². The Morgan fingerprint density at radius 3 is 2.84 bits per heavy atom. The van der Waals surface area contributed by atoms with Crippen LogP contribution in [0, 0.1) is 13.8 Å². The molecule has 1 aromatic carbocycles. The van der Waals surface area contributed by atoms with Crippen molar-refractivity contribution in [3.63, 3.8) is 0 Å². The van der Waals surface area contributed by atoms with Gasteiger partial charge in [0.2, 0.25) is 11.8 Å². The van der Waals surface area contributed by atoms with Gasteiger partial charge in [-0.2, -0.15) is 0 Å². The van der Waals surface area contributed by atoms with Crippen molar-refractivity contribution >= 4 is 29.2 Å². The summed E-state index contributed by atoms with van der Waals surface area (Å²) in [6, 6.07) is 7.31. The van der Waals surface area contributed by atoms with Crippen LogP contribution >= 0.6 is 11.8 Å². The lowest BCUT2D eigenvalue weighted by Crippen LogP contribution is -2.13. The molecule has 1 amide bonds. The van der Waals surface area contributed by atoms with Crippen LogP contribution in [0.3, 0.4) is 0 Å². The van der Waals surface area contributed by atoms with Crippen molar-refractivity contribution < 1.29 is 9.32 Å². The molecular formula is C13H15N3O2S. The van der Waals surface area contributed by atoms with Gasteiger partial charge < -0.3 is 10.3 Å². The Labute approximate surface area is 115 Å². The molecule has 2 rings (SSSR count). The number of carbonyl (C=O) groups is 1. The number of rotatable bonds is 4. The zero-order chi connectivity index (χ0) is 13.8. The molecule has 0 fully saturated rings. The van der Waals surface area contributed by atoms with Crippen LogP contribution in [-0.4, -0.2) is 16.8 Å². The molecule has 0 spiro atoms. The molecule has 0 aliphatic rings. The summed E-state index contributed by atoms with van der Waals surface area (Å²) >= 11 is 1.46. The van der Waals surface area contributed by atoms with Crippen LogP contribution < -0.4 is 11.1 Å². The molecule has 100 valence electrons. The number of benzene rings is 1. The summed E-state index contributed by atoms with van der Waals surface area (Å²) in [5.41, 5.74) is 8.20. The summed E-state index contributed by atoms with van der Waals surface area (Å²) in [5, 5.41) is 6.35. The Hall–Kier alpha value is -1.95. The number of hydrogen-bond donors (Lipinski definition) is 2. The number of nitrogens with zero attached hydrogens (tertiary/aromatic N) is 1. The monoisotopic (exact) mass is 277 g/mol. The van der Waals surface area contributed by atoms with E-state index in [1.54, 1.807) is 13.0 Å². The standard InChI is InChI=1S/C13H15N3O2S/c1-8-5-10(14)3-4-11(8)19-7-12(17)15-13-6-9(2)16-18-13/h3-6H,7,14H2,1-2H3,(H,15,17). The summed E-state index contributed by atoms with van der Waals surface area (Å²) < 4.78 is 4.92. The quantitative estimate of drug-likeness (QED) is 0.663. The average molecular weight is 277 g/mol. The summed E-state index contributed by atoms with van der Waals surface area (Å²) in [6.07, 6.45) is 0. The Balaban J connectivity index is 1.89. The van der Waals surface area contributed by atoms with Gasteiger partial charge in [-0.15, -0.1) is 11.8 Å². The zero-order valence-electron chi connectivity index (χ0n) is 10.8. The topological polar surface area (TPSA) is 81.2 Å². The molecule has 0 saturated carbocycles. The lowest BCUT2D eigenvalue weighted by Gasteiger charge is -2.06. The third-order valence-electron chi connectivity index (χ3n) is 2.45. The van der Waals surface area contributed by atoms with E-state index in [0.29, 0.717) is 11.6 Å². The van der Waals surface area contributed by atoms with Crippen LogP contribution in [0.2, 0.25) is 0 Å². The molecule has 0 saturated heterocycles. The largest absolute Gasteiger partial charge is 0.399 e. The molecule has 0 unspecified atom stereocenters. The molecule has 19 heavy (non-hydrogen) atoms. The third kappa shape index (κ3) is 3.75. The average Bonchev–Trinajstić information content (AvgIpc) is 2.73. The molecule has 0 aliphatic carbocycles. The number of thioether (sulfide) groups is 1. The van der Waals surface area contributed by atoms with Gasteiger partial charge in [0.05, 0.1) is 11.4 Å². The van der Waals surface area contributed by atoms with Gasteiger partial charge in [-0.05, 0) is 37.6 Å². The number of nitrogens with two attached hydrogens (primary N) is 1. The summed E-state index contributed by atoms with van der Waals surface area (Å²) in [5.74, 6) is 0.555. The SMILES string of the molecule is Cc1cc(NC(=O)CSc2ccc(N)cc2C)on1. The highest BCUT2D eigenvalue weighted by Gasteiger charge is 2.08. The predicted molar refractivity (Wildman–Crippen MR) is 76.2 cm³/mol. The second-order valence-electron chi connectivity index (χ2n) is 4.19. The van der Waals surface area contributed by atoms with E-state index in [4.69, 9.17) is 10.3 Å². The van der Waals surface area contributed by atoms with E-state index in [-0.39, 0.29) is 5.91 Å². The highest BCUT2D eigenvalue weighted by atomic mass is 32.2. The Bertz CT molecular complexity index is 595. The fourth-order valence-electron chi connectivity index (χ4n) is 1.57. The first-order chi connectivity index (χ1) is 9.04.